The fourth-order valence-corrected chi connectivity index (χ4v) is 0.577. The summed E-state index contributed by atoms with van der Waals surface area (Å²) in [6.45, 7) is 3.14. The van der Waals surface area contributed by atoms with Crippen molar-refractivity contribution in [1.29, 1.82) is 0 Å². The van der Waals surface area contributed by atoms with Gasteiger partial charge in [-0.15, -0.1) is 0 Å². The van der Waals surface area contributed by atoms with Gasteiger partial charge >= 0.3 is 0 Å². The summed E-state index contributed by atoms with van der Waals surface area (Å²) in [7, 11) is 0.903. The van der Waals surface area contributed by atoms with Crippen LogP contribution in [0.15, 0.2) is 0 Å². The van der Waals surface area contributed by atoms with Crippen molar-refractivity contribution in [2.24, 2.45) is 0 Å². The van der Waals surface area contributed by atoms with Crippen molar-refractivity contribution in [2.45, 2.75) is 19.8 Å². The van der Waals surface area contributed by atoms with Crippen molar-refractivity contribution < 1.29 is 4.43 Å². The van der Waals surface area contributed by atoms with E-state index in [9.17, 15) is 0 Å². The molecule has 0 atom stereocenters. The molecule has 0 amide bonds. The Labute approximate surface area is 128 Å². The van der Waals surface area contributed by atoms with E-state index in [1.807, 2.05) is 0 Å². The minimum atomic E-state index is 0. The van der Waals surface area contributed by atoms with Crippen molar-refractivity contribution in [3.8, 4) is 0 Å². The summed E-state index contributed by atoms with van der Waals surface area (Å²) < 4.78 is 4.92. The zero-order chi connectivity index (χ0) is 4.83. The molecule has 0 aromatic rings. The summed E-state index contributed by atoms with van der Waals surface area (Å²) in [4.78, 5) is 0. The van der Waals surface area contributed by atoms with Gasteiger partial charge in [-0.25, -0.2) is 0 Å². The third-order valence-corrected chi connectivity index (χ3v) is 1.11. The van der Waals surface area contributed by atoms with Crippen LogP contribution in [0.5, 0.6) is 0 Å². The van der Waals surface area contributed by atoms with Gasteiger partial charge in [-0.2, -0.15) is 0 Å². The van der Waals surface area contributed by atoms with Crippen molar-refractivity contribution in [2.75, 3.05) is 6.61 Å². The van der Waals surface area contributed by atoms with Gasteiger partial charge in [-0.3, -0.25) is 0 Å². The molecule has 1 nitrogen and oxygen atoms in total. The second-order valence-corrected chi connectivity index (χ2v) is 1.92. The first-order valence-electron chi connectivity index (χ1n) is 2.40. The van der Waals surface area contributed by atoms with E-state index in [2.05, 4.69) is 6.92 Å². The molecular formula is C4H44OSi9. The van der Waals surface area contributed by atoms with Crippen molar-refractivity contribution in [1.82, 2.24) is 0 Å². The summed E-state index contributed by atoms with van der Waals surface area (Å²) >= 11 is 0. The Bertz CT molecular complexity index is 28.8. The molecule has 0 aromatic heterocycles. The largest absolute Gasteiger partial charge is 0.428 e. The van der Waals surface area contributed by atoms with Gasteiger partial charge in [0.1, 0.15) is 10.5 Å². The van der Waals surface area contributed by atoms with Gasteiger partial charge in [0.25, 0.3) is 0 Å². The van der Waals surface area contributed by atoms with Crippen LogP contribution >= 0.6 is 0 Å². The maximum atomic E-state index is 4.92. The molecule has 10 heteroatoms. The Morgan fingerprint density at radius 2 is 1.07 bits per heavy atom. The van der Waals surface area contributed by atoms with Gasteiger partial charge < -0.3 is 4.43 Å². The summed E-state index contributed by atoms with van der Waals surface area (Å²) in [5.74, 6) is 0. The molecule has 0 aliphatic heterocycles. The molecule has 0 spiro atoms. The Morgan fingerprint density at radius 3 is 1.14 bits per heavy atom. The lowest BCUT2D eigenvalue weighted by Crippen LogP contribution is -1.85. The Hall–Kier alpha value is 1.91. The van der Waals surface area contributed by atoms with E-state index in [1.165, 1.54) is 12.8 Å². The number of unbranched alkanes of at least 4 members (excludes halogenated alkanes) is 1. The van der Waals surface area contributed by atoms with E-state index in [1.54, 1.807) is 0 Å². The molecule has 0 saturated heterocycles. The molecule has 0 aliphatic rings. The van der Waals surface area contributed by atoms with Crippen LogP contribution in [-0.2, 0) is 4.43 Å². The average Bonchev–Trinajstić information content (AvgIpc) is 1.61. The zero-order valence-corrected chi connectivity index (χ0v) is 6.53. The van der Waals surface area contributed by atoms with Gasteiger partial charge in [0.05, 0.1) is 0 Å². The van der Waals surface area contributed by atoms with Crippen LogP contribution in [0.1, 0.15) is 19.8 Å². The summed E-state index contributed by atoms with van der Waals surface area (Å²) in [5.41, 5.74) is 0. The van der Waals surface area contributed by atoms with Gasteiger partial charge in [0.2, 0.25) is 0 Å². The first kappa shape index (κ1) is 74.1. The Kier molecular flexibility index (Phi) is 437. The lowest BCUT2D eigenvalue weighted by atomic mass is 10.4. The van der Waals surface area contributed by atoms with Crippen molar-refractivity contribution in [3.05, 3.63) is 0 Å². The summed E-state index contributed by atoms with van der Waals surface area (Å²) in [5, 5.41) is 0. The van der Waals surface area contributed by atoms with Crippen molar-refractivity contribution in [3.63, 3.8) is 0 Å². The third kappa shape index (κ3) is 96.1. The lowest BCUT2D eigenvalue weighted by molar-refractivity contribution is 0.339. The molecule has 0 rings (SSSR count). The van der Waals surface area contributed by atoms with Crippen LogP contribution in [0.2, 0.25) is 0 Å². The molecule has 0 radical (unpaired) electrons. The molecule has 0 aromatic carbocycles. The Balaban J connectivity index is -0.00000000446. The smallest absolute Gasteiger partial charge is 0.145 e. The van der Waals surface area contributed by atoms with Crippen LogP contribution in [0.4, 0.5) is 0 Å². The van der Waals surface area contributed by atoms with Crippen LogP contribution < -0.4 is 0 Å². The maximum absolute atomic E-state index is 4.92. The number of rotatable bonds is 3. The predicted octanol–water partition coefficient (Wildman–Crippen LogP) is -11.5. The monoisotopic (exact) mass is 360 g/mol. The van der Waals surface area contributed by atoms with E-state index in [4.69, 9.17) is 4.43 Å². The molecule has 0 N–H and O–H groups in total. The number of hydrogen-bond donors (Lipinski definition) is 0. The fourth-order valence-electron chi connectivity index (χ4n) is 0.289. The first-order chi connectivity index (χ1) is 2.91. The van der Waals surface area contributed by atoms with E-state index in [0.717, 1.165) is 17.1 Å². The van der Waals surface area contributed by atoms with Crippen LogP contribution in [0, 0.1) is 0 Å². The average molecular weight is 361 g/mol. The highest BCUT2D eigenvalue weighted by molar-refractivity contribution is 5.97. The van der Waals surface area contributed by atoms with E-state index in [0.29, 0.717) is 0 Å². The SMILES string of the molecule is CCCCO[SiH3].[SiH4].[SiH4].[SiH4].[SiH4].[SiH4].[SiH4].[SiH4].[SiH4]. The minimum absolute atomic E-state index is 0. The molecule has 0 fully saturated rings. The summed E-state index contributed by atoms with van der Waals surface area (Å²) in [6, 6.07) is 0. The van der Waals surface area contributed by atoms with Crippen LogP contribution in [0.3, 0.4) is 0 Å². The quantitative estimate of drug-likeness (QED) is 0.359. The van der Waals surface area contributed by atoms with E-state index in [-0.39, 0.29) is 87.7 Å². The third-order valence-electron chi connectivity index (χ3n) is 0.702. The zero-order valence-electron chi connectivity index (χ0n) is 4.53. The predicted molar refractivity (Wildman–Crippen MR) is 121 cm³/mol. The second kappa shape index (κ2) is 82.6. The molecule has 0 bridgehead atoms. The van der Waals surface area contributed by atoms with Crippen LogP contribution in [0.25, 0.3) is 0 Å². The van der Waals surface area contributed by atoms with Gasteiger partial charge in [0, 0.05) is 6.61 Å². The summed E-state index contributed by atoms with van der Waals surface area (Å²) in [6.07, 6.45) is 2.48. The van der Waals surface area contributed by atoms with Crippen LogP contribution in [-0.4, -0.2) is 105 Å². The molecule has 14 heavy (non-hydrogen) atoms. The molecule has 0 heterocycles. The van der Waals surface area contributed by atoms with Crippen molar-refractivity contribution >= 4 is 98.2 Å². The second-order valence-electron chi connectivity index (χ2n) is 1.35. The molecular weight excluding hydrogens is 317 g/mol. The van der Waals surface area contributed by atoms with Gasteiger partial charge in [0.15, 0.2) is 0 Å². The molecule has 0 saturated carbocycles. The lowest BCUT2D eigenvalue weighted by Gasteiger charge is -1.90. The minimum Gasteiger partial charge on any atom is -0.428 e. The number of hydrogen-bond acceptors (Lipinski definition) is 1. The Morgan fingerprint density at radius 1 is 0.786 bits per heavy atom. The molecule has 0 unspecified atom stereocenters. The fraction of sp³-hybridized carbons (Fsp3) is 1.00. The van der Waals surface area contributed by atoms with Gasteiger partial charge in [-0.1, -0.05) is 13.3 Å². The standard InChI is InChI=1S/C4H12OSi.8H4Si/c1-2-3-4-5-6;;;;;;;;/h2-4H2,1,6H3;8*1H4. The first-order valence-corrected chi connectivity index (χ1v) is 3.22. The maximum Gasteiger partial charge on any atom is 0.145 e. The van der Waals surface area contributed by atoms with E-state index < -0.39 is 0 Å². The molecule has 102 valence electrons. The highest BCUT2D eigenvalue weighted by Crippen LogP contribution is 1.82. The highest BCUT2D eigenvalue weighted by atomic mass is 28.2. The van der Waals surface area contributed by atoms with E-state index >= 15 is 0 Å². The molecule has 0 aliphatic carbocycles. The van der Waals surface area contributed by atoms with Gasteiger partial charge in [-0.05, 0) is 94.1 Å². The normalized spacial score (nSPS) is 4.07. The highest BCUT2D eigenvalue weighted by Gasteiger charge is 1.74. The topological polar surface area (TPSA) is 9.23 Å².